The Morgan fingerprint density at radius 2 is 1.89 bits per heavy atom. The molecule has 0 saturated heterocycles. The molecule has 1 amide bonds. The molecule has 0 aromatic heterocycles. The lowest BCUT2D eigenvalue weighted by Gasteiger charge is -2.32. The number of hydrogen-bond donors (Lipinski definition) is 2. The number of hydrogen-bond acceptors (Lipinski definition) is 7. The maximum absolute atomic E-state index is 12.7. The second-order valence-electron chi connectivity index (χ2n) is 6.65. The molecule has 8 nitrogen and oxygen atoms in total. The van der Waals surface area contributed by atoms with Gasteiger partial charge < -0.3 is 14.8 Å². The first kappa shape index (κ1) is 20.2. The topological polar surface area (TPSA) is 106 Å². The van der Waals surface area contributed by atoms with Crippen molar-refractivity contribution in [2.75, 3.05) is 19.5 Å². The van der Waals surface area contributed by atoms with Crippen molar-refractivity contribution < 1.29 is 23.9 Å². The first-order valence-corrected chi connectivity index (χ1v) is 8.31. The van der Waals surface area contributed by atoms with E-state index < -0.39 is 24.3 Å². The first-order chi connectivity index (χ1) is 12.7. The Balaban J connectivity index is 2.31. The van der Waals surface area contributed by atoms with Gasteiger partial charge in [0.05, 0.1) is 37.4 Å². The van der Waals surface area contributed by atoms with Crippen LogP contribution < -0.4 is 10.7 Å². The molecule has 1 heterocycles. The number of hydrazone groups is 1. The number of benzene rings is 1. The van der Waals surface area contributed by atoms with Gasteiger partial charge in [-0.05, 0) is 32.4 Å². The van der Waals surface area contributed by atoms with E-state index in [4.69, 9.17) is 0 Å². The Labute approximate surface area is 157 Å². The zero-order valence-electron chi connectivity index (χ0n) is 16.0. The lowest BCUT2D eigenvalue weighted by molar-refractivity contribution is -0.140. The minimum Gasteiger partial charge on any atom is -0.469 e. The normalized spacial score (nSPS) is 15.0. The lowest BCUT2D eigenvalue weighted by Crippen LogP contribution is -2.34. The predicted molar refractivity (Wildman–Crippen MR) is 101 cm³/mol. The summed E-state index contributed by atoms with van der Waals surface area (Å²) in [6.45, 7) is 5.98. The summed E-state index contributed by atoms with van der Waals surface area (Å²) in [6.07, 6.45) is 1.67. The second-order valence-corrected chi connectivity index (χ2v) is 6.65. The zero-order valence-corrected chi connectivity index (χ0v) is 16.0. The molecule has 0 aliphatic carbocycles. The average Bonchev–Trinajstić information content (AvgIpc) is 2.62. The summed E-state index contributed by atoms with van der Waals surface area (Å²) in [5.41, 5.74) is 4.76. The minimum atomic E-state index is -0.825. The van der Waals surface area contributed by atoms with Crippen molar-refractivity contribution in [1.29, 1.82) is 0 Å². The third-order valence-electron chi connectivity index (χ3n) is 4.01. The van der Waals surface area contributed by atoms with Gasteiger partial charge >= 0.3 is 11.9 Å². The molecule has 0 fully saturated rings. The Morgan fingerprint density at radius 1 is 1.19 bits per heavy atom. The van der Waals surface area contributed by atoms with Crippen LogP contribution in [-0.2, 0) is 19.1 Å². The summed E-state index contributed by atoms with van der Waals surface area (Å²) in [4.78, 5) is 35.8. The van der Waals surface area contributed by atoms with Crippen LogP contribution in [0, 0.1) is 0 Å². The van der Waals surface area contributed by atoms with Crippen LogP contribution in [0.3, 0.4) is 0 Å². The van der Waals surface area contributed by atoms with Crippen LogP contribution in [0.5, 0.6) is 0 Å². The number of anilines is 1. The highest BCUT2D eigenvalue weighted by Crippen LogP contribution is 2.35. The highest BCUT2D eigenvalue weighted by Gasteiger charge is 2.26. The predicted octanol–water partition coefficient (Wildman–Crippen LogP) is 2.12. The Hall–Kier alpha value is -3.16. The van der Waals surface area contributed by atoms with Crippen molar-refractivity contribution >= 4 is 34.8 Å². The highest BCUT2D eigenvalue weighted by atomic mass is 16.5. The summed E-state index contributed by atoms with van der Waals surface area (Å²) < 4.78 is 9.10. The zero-order chi connectivity index (χ0) is 20.2. The van der Waals surface area contributed by atoms with E-state index >= 15 is 0 Å². The third kappa shape index (κ3) is 4.72. The fourth-order valence-electron chi connectivity index (χ4n) is 2.84. The first-order valence-electron chi connectivity index (χ1n) is 8.31. The van der Waals surface area contributed by atoms with Crippen molar-refractivity contribution in [2.24, 2.45) is 5.10 Å². The van der Waals surface area contributed by atoms with Crippen LogP contribution in [-0.4, -0.2) is 43.3 Å². The highest BCUT2D eigenvalue weighted by molar-refractivity contribution is 6.39. The molecule has 2 rings (SSSR count). The summed E-state index contributed by atoms with van der Waals surface area (Å²) in [7, 11) is 2.35. The van der Waals surface area contributed by atoms with Gasteiger partial charge in [-0.15, -0.1) is 0 Å². The fraction of sp³-hybridized carbons (Fsp3) is 0.368. The van der Waals surface area contributed by atoms with E-state index in [1.807, 2.05) is 26.8 Å². The quantitative estimate of drug-likeness (QED) is 0.465. The molecular formula is C19H23N3O5. The van der Waals surface area contributed by atoms with Gasteiger partial charge in [-0.25, -0.2) is 10.2 Å². The molecule has 1 aromatic carbocycles. The molecule has 0 atom stereocenters. The molecule has 2 N–H and O–H groups in total. The van der Waals surface area contributed by atoms with E-state index in [9.17, 15) is 14.4 Å². The Bertz CT molecular complexity index is 840. The van der Waals surface area contributed by atoms with Gasteiger partial charge in [0.2, 0.25) is 0 Å². The van der Waals surface area contributed by atoms with E-state index in [1.165, 1.54) is 7.11 Å². The van der Waals surface area contributed by atoms with Crippen molar-refractivity contribution in [2.45, 2.75) is 32.7 Å². The van der Waals surface area contributed by atoms with Gasteiger partial charge in [0.15, 0.2) is 5.71 Å². The van der Waals surface area contributed by atoms with Crippen molar-refractivity contribution in [3.05, 3.63) is 35.4 Å². The molecule has 0 unspecified atom stereocenters. The monoisotopic (exact) mass is 373 g/mol. The molecule has 8 heteroatoms. The number of nitrogens with zero attached hydrogens (tertiary/aromatic N) is 1. The van der Waals surface area contributed by atoms with Gasteiger partial charge in [0, 0.05) is 5.56 Å². The Morgan fingerprint density at radius 3 is 2.52 bits per heavy atom. The van der Waals surface area contributed by atoms with Crippen LogP contribution in [0.15, 0.2) is 29.4 Å². The molecule has 1 aliphatic rings. The number of para-hydroxylation sites is 1. The number of methoxy groups -OCH3 is 2. The third-order valence-corrected chi connectivity index (χ3v) is 4.01. The van der Waals surface area contributed by atoms with Gasteiger partial charge in [-0.1, -0.05) is 18.2 Å². The van der Waals surface area contributed by atoms with Gasteiger partial charge in [0.1, 0.15) is 0 Å². The number of nitrogens with one attached hydrogen (secondary N) is 2. The summed E-state index contributed by atoms with van der Waals surface area (Å²) in [6, 6.07) is 5.34. The number of rotatable bonds is 5. The van der Waals surface area contributed by atoms with Gasteiger partial charge in [-0.2, -0.15) is 5.10 Å². The van der Waals surface area contributed by atoms with Crippen LogP contribution in [0.2, 0.25) is 0 Å². The molecule has 1 aliphatic heterocycles. The number of amides is 1. The number of fused-ring (bicyclic) bond motifs is 1. The summed E-state index contributed by atoms with van der Waals surface area (Å²) in [5.74, 6) is -2.01. The van der Waals surface area contributed by atoms with E-state index in [-0.39, 0.29) is 11.3 Å². The van der Waals surface area contributed by atoms with E-state index in [0.29, 0.717) is 11.3 Å². The standard InChI is InChI=1S/C19H23N3O5/c1-11-10-19(2,3)20-16-12(11)7-6-8-13(16)17(24)22-21-14(18(25)27-5)9-15(23)26-4/h6-8,10,20H,9H2,1-5H3,(H,22,24)/b21-14+. The average molecular weight is 373 g/mol. The number of esters is 2. The number of ether oxygens (including phenoxy) is 2. The number of carbonyl (C=O) groups excluding carboxylic acids is 3. The molecule has 0 bridgehead atoms. The maximum Gasteiger partial charge on any atom is 0.354 e. The van der Waals surface area contributed by atoms with Crippen molar-refractivity contribution in [1.82, 2.24) is 5.43 Å². The molecule has 0 saturated carbocycles. The Kier molecular flexibility index (Phi) is 5.99. The molecule has 0 radical (unpaired) electrons. The molecular weight excluding hydrogens is 350 g/mol. The van der Waals surface area contributed by atoms with Gasteiger partial charge in [0.25, 0.3) is 5.91 Å². The number of carbonyl (C=O) groups is 3. The minimum absolute atomic E-state index is 0.258. The van der Waals surface area contributed by atoms with E-state index in [2.05, 4.69) is 31.4 Å². The van der Waals surface area contributed by atoms with Crippen LogP contribution in [0.4, 0.5) is 5.69 Å². The molecule has 0 spiro atoms. The number of allylic oxidation sites excluding steroid dienone is 1. The molecule has 1 aromatic rings. The largest absolute Gasteiger partial charge is 0.469 e. The summed E-state index contributed by atoms with van der Waals surface area (Å²) >= 11 is 0. The lowest BCUT2D eigenvalue weighted by atomic mass is 9.89. The second kappa shape index (κ2) is 8.03. The molecule has 27 heavy (non-hydrogen) atoms. The van der Waals surface area contributed by atoms with Crippen LogP contribution >= 0.6 is 0 Å². The van der Waals surface area contributed by atoms with Gasteiger partial charge in [-0.3, -0.25) is 9.59 Å². The maximum atomic E-state index is 12.7. The fourth-order valence-corrected chi connectivity index (χ4v) is 2.84. The van der Waals surface area contributed by atoms with E-state index in [1.54, 1.807) is 12.1 Å². The SMILES string of the molecule is COC(=O)C/C(=N\NC(=O)c1cccc2c1NC(C)(C)C=C2C)C(=O)OC. The van der Waals surface area contributed by atoms with Crippen molar-refractivity contribution in [3.63, 3.8) is 0 Å². The smallest absolute Gasteiger partial charge is 0.354 e. The van der Waals surface area contributed by atoms with Crippen LogP contribution in [0.25, 0.3) is 5.57 Å². The van der Waals surface area contributed by atoms with Crippen molar-refractivity contribution in [3.8, 4) is 0 Å². The van der Waals surface area contributed by atoms with E-state index in [0.717, 1.165) is 18.2 Å². The summed E-state index contributed by atoms with van der Waals surface area (Å²) in [5, 5.41) is 7.09. The van der Waals surface area contributed by atoms with Crippen LogP contribution in [0.1, 0.15) is 43.1 Å². The molecule has 144 valence electrons.